The quantitative estimate of drug-likeness (QED) is 0.604. The molecule has 20 heavy (non-hydrogen) atoms. The van der Waals surface area contributed by atoms with Gasteiger partial charge in [-0.3, -0.25) is 0 Å². The first-order valence-corrected chi connectivity index (χ1v) is 7.00. The van der Waals surface area contributed by atoms with Gasteiger partial charge in [-0.2, -0.15) is 0 Å². The molecule has 0 aliphatic carbocycles. The molecule has 1 N–H and O–H groups in total. The van der Waals surface area contributed by atoms with Crippen molar-refractivity contribution >= 4 is 44.2 Å². The fourth-order valence-electron chi connectivity index (χ4n) is 2.15. The predicted molar refractivity (Wildman–Crippen MR) is 79.4 cm³/mol. The van der Waals surface area contributed by atoms with E-state index < -0.39 is 0 Å². The number of thiophene rings is 1. The Bertz CT molecular complexity index is 912. The lowest BCUT2D eigenvalue weighted by Gasteiger charge is -2.05. The number of aromatic nitrogens is 3. The fourth-order valence-corrected chi connectivity index (χ4v) is 2.88. The SMILES string of the molecule is Cc1nc2cc(Nc3ncnc4sccc34)ccc2o1. The molecule has 1 aromatic carbocycles. The molecule has 3 aromatic heterocycles. The number of rotatable bonds is 2. The van der Waals surface area contributed by atoms with Crippen LogP contribution in [0.1, 0.15) is 5.89 Å². The van der Waals surface area contributed by atoms with Crippen LogP contribution < -0.4 is 5.32 Å². The van der Waals surface area contributed by atoms with E-state index in [1.807, 2.05) is 36.6 Å². The highest BCUT2D eigenvalue weighted by molar-refractivity contribution is 7.16. The van der Waals surface area contributed by atoms with Gasteiger partial charge in [-0.05, 0) is 29.6 Å². The summed E-state index contributed by atoms with van der Waals surface area (Å²) < 4.78 is 5.47. The molecule has 6 heteroatoms. The maximum Gasteiger partial charge on any atom is 0.192 e. The molecule has 4 aromatic rings. The maximum atomic E-state index is 5.47. The minimum atomic E-state index is 0.666. The zero-order valence-corrected chi connectivity index (χ0v) is 11.4. The first kappa shape index (κ1) is 11.4. The van der Waals surface area contributed by atoms with E-state index in [-0.39, 0.29) is 0 Å². The predicted octanol–water partition coefficient (Wildman–Crippen LogP) is 3.88. The number of benzene rings is 1. The van der Waals surface area contributed by atoms with Crippen molar-refractivity contribution in [2.45, 2.75) is 6.92 Å². The molecule has 0 saturated carbocycles. The third-order valence-corrected chi connectivity index (χ3v) is 3.84. The van der Waals surface area contributed by atoms with Gasteiger partial charge in [0.1, 0.15) is 22.5 Å². The number of hydrogen-bond acceptors (Lipinski definition) is 6. The molecule has 0 unspecified atom stereocenters. The van der Waals surface area contributed by atoms with Gasteiger partial charge in [0.15, 0.2) is 11.5 Å². The van der Waals surface area contributed by atoms with Crippen LogP contribution >= 0.6 is 11.3 Å². The highest BCUT2D eigenvalue weighted by Gasteiger charge is 2.07. The van der Waals surface area contributed by atoms with Crippen molar-refractivity contribution in [3.05, 3.63) is 41.9 Å². The van der Waals surface area contributed by atoms with Gasteiger partial charge >= 0.3 is 0 Å². The number of hydrogen-bond donors (Lipinski definition) is 1. The van der Waals surface area contributed by atoms with Gasteiger partial charge in [0.2, 0.25) is 0 Å². The van der Waals surface area contributed by atoms with Crippen molar-refractivity contribution in [2.24, 2.45) is 0 Å². The van der Waals surface area contributed by atoms with Crippen molar-refractivity contribution in [1.82, 2.24) is 15.0 Å². The zero-order valence-electron chi connectivity index (χ0n) is 10.6. The Kier molecular flexibility index (Phi) is 2.43. The number of anilines is 2. The van der Waals surface area contributed by atoms with Crippen LogP contribution in [0.3, 0.4) is 0 Å². The Morgan fingerprint density at radius 3 is 3.10 bits per heavy atom. The van der Waals surface area contributed by atoms with Crippen molar-refractivity contribution < 1.29 is 4.42 Å². The lowest BCUT2D eigenvalue weighted by Crippen LogP contribution is -1.94. The van der Waals surface area contributed by atoms with Gasteiger partial charge in [0.25, 0.3) is 0 Å². The summed E-state index contributed by atoms with van der Waals surface area (Å²) in [6.45, 7) is 1.84. The van der Waals surface area contributed by atoms with Crippen LogP contribution in [0, 0.1) is 6.92 Å². The molecule has 98 valence electrons. The standard InChI is InChI=1S/C14H10N4OS/c1-8-17-11-6-9(2-3-12(11)19-8)18-13-10-4-5-20-14(10)16-7-15-13/h2-7H,1H3,(H,15,16,18). The Labute approximate surface area is 118 Å². The van der Waals surface area contributed by atoms with E-state index in [4.69, 9.17) is 4.42 Å². The average Bonchev–Trinajstić information content (AvgIpc) is 3.03. The zero-order chi connectivity index (χ0) is 13.5. The third kappa shape index (κ3) is 1.81. The maximum absolute atomic E-state index is 5.47. The number of aryl methyl sites for hydroxylation is 1. The molecule has 0 atom stereocenters. The summed E-state index contributed by atoms with van der Waals surface area (Å²) in [6.07, 6.45) is 1.57. The number of nitrogens with zero attached hydrogens (tertiary/aromatic N) is 3. The second-order valence-corrected chi connectivity index (χ2v) is 5.30. The van der Waals surface area contributed by atoms with Crippen LogP contribution in [-0.4, -0.2) is 15.0 Å². The molecule has 0 amide bonds. The first-order valence-electron chi connectivity index (χ1n) is 6.12. The molecule has 0 radical (unpaired) electrons. The molecule has 4 rings (SSSR count). The lowest BCUT2D eigenvalue weighted by molar-refractivity contribution is 0.561. The Balaban J connectivity index is 1.78. The van der Waals surface area contributed by atoms with E-state index in [9.17, 15) is 0 Å². The minimum absolute atomic E-state index is 0.666. The lowest BCUT2D eigenvalue weighted by atomic mass is 10.2. The van der Waals surface area contributed by atoms with Crippen LogP contribution in [0.25, 0.3) is 21.3 Å². The highest BCUT2D eigenvalue weighted by atomic mass is 32.1. The Hall–Kier alpha value is -2.47. The summed E-state index contributed by atoms with van der Waals surface area (Å²) in [5, 5.41) is 6.34. The van der Waals surface area contributed by atoms with Crippen LogP contribution in [0.4, 0.5) is 11.5 Å². The van der Waals surface area contributed by atoms with Crippen LogP contribution in [0.5, 0.6) is 0 Å². The van der Waals surface area contributed by atoms with Crippen LogP contribution in [0.15, 0.2) is 40.4 Å². The molecule has 0 fully saturated rings. The van der Waals surface area contributed by atoms with E-state index in [0.717, 1.165) is 32.8 Å². The second kappa shape index (κ2) is 4.28. The summed E-state index contributed by atoms with van der Waals surface area (Å²) in [5.74, 6) is 1.47. The van der Waals surface area contributed by atoms with Gasteiger partial charge in [0.05, 0.1) is 5.39 Å². The molecule has 0 spiro atoms. The highest BCUT2D eigenvalue weighted by Crippen LogP contribution is 2.27. The molecule has 0 bridgehead atoms. The monoisotopic (exact) mass is 282 g/mol. The first-order chi connectivity index (χ1) is 9.79. The van der Waals surface area contributed by atoms with E-state index in [0.29, 0.717) is 5.89 Å². The average molecular weight is 282 g/mol. The third-order valence-electron chi connectivity index (χ3n) is 3.02. The van der Waals surface area contributed by atoms with Gasteiger partial charge in [-0.1, -0.05) is 0 Å². The normalized spacial score (nSPS) is 11.2. The van der Waals surface area contributed by atoms with E-state index in [2.05, 4.69) is 20.3 Å². The van der Waals surface area contributed by atoms with Gasteiger partial charge < -0.3 is 9.73 Å². The number of fused-ring (bicyclic) bond motifs is 2. The smallest absolute Gasteiger partial charge is 0.192 e. The van der Waals surface area contributed by atoms with Crippen molar-refractivity contribution in [1.29, 1.82) is 0 Å². The minimum Gasteiger partial charge on any atom is -0.441 e. The summed E-state index contributed by atoms with van der Waals surface area (Å²) in [6, 6.07) is 7.82. The van der Waals surface area contributed by atoms with Crippen molar-refractivity contribution in [2.75, 3.05) is 5.32 Å². The molecular formula is C14H10N4OS. The molecule has 5 nitrogen and oxygen atoms in total. The van der Waals surface area contributed by atoms with Crippen molar-refractivity contribution in [3.63, 3.8) is 0 Å². The largest absolute Gasteiger partial charge is 0.441 e. The van der Waals surface area contributed by atoms with E-state index in [1.165, 1.54) is 0 Å². The summed E-state index contributed by atoms with van der Waals surface area (Å²) >= 11 is 1.60. The number of nitrogens with one attached hydrogen (secondary N) is 1. The number of oxazole rings is 1. The Morgan fingerprint density at radius 2 is 2.15 bits per heavy atom. The Morgan fingerprint density at radius 1 is 1.20 bits per heavy atom. The van der Waals surface area contributed by atoms with Gasteiger partial charge in [-0.25, -0.2) is 15.0 Å². The topological polar surface area (TPSA) is 63.8 Å². The van der Waals surface area contributed by atoms with Gasteiger partial charge in [-0.15, -0.1) is 11.3 Å². The molecule has 3 heterocycles. The van der Waals surface area contributed by atoms with E-state index >= 15 is 0 Å². The summed E-state index contributed by atoms with van der Waals surface area (Å²) in [5.41, 5.74) is 2.55. The summed E-state index contributed by atoms with van der Waals surface area (Å²) in [4.78, 5) is 13.8. The second-order valence-electron chi connectivity index (χ2n) is 4.40. The molecule has 0 aliphatic heterocycles. The summed E-state index contributed by atoms with van der Waals surface area (Å²) in [7, 11) is 0. The van der Waals surface area contributed by atoms with E-state index in [1.54, 1.807) is 17.7 Å². The fraction of sp³-hybridized carbons (Fsp3) is 0.0714. The van der Waals surface area contributed by atoms with Crippen molar-refractivity contribution in [3.8, 4) is 0 Å². The molecule has 0 saturated heterocycles. The van der Waals surface area contributed by atoms with Gasteiger partial charge in [0, 0.05) is 12.6 Å². The molecular weight excluding hydrogens is 272 g/mol. The van der Waals surface area contributed by atoms with Crippen LogP contribution in [-0.2, 0) is 0 Å². The van der Waals surface area contributed by atoms with Crippen LogP contribution in [0.2, 0.25) is 0 Å². The molecule has 0 aliphatic rings.